The zero-order valence-electron chi connectivity index (χ0n) is 9.41. The highest BCUT2D eigenvalue weighted by atomic mass is 28.3. The van der Waals surface area contributed by atoms with Crippen LogP contribution in [0.4, 0.5) is 0 Å². The maximum atomic E-state index is 11.6. The van der Waals surface area contributed by atoms with Crippen LogP contribution < -0.4 is 10.5 Å². The number of carbonyl (C=O) groups is 1. The summed E-state index contributed by atoms with van der Waals surface area (Å²) < 4.78 is 5.62. The molecule has 1 unspecified atom stereocenters. The van der Waals surface area contributed by atoms with E-state index in [9.17, 15) is 4.79 Å². The molecule has 0 aromatic heterocycles. The monoisotopic (exact) mass is 223 g/mol. The first kappa shape index (κ1) is 11.9. The van der Waals surface area contributed by atoms with E-state index in [2.05, 4.69) is 11.9 Å². The van der Waals surface area contributed by atoms with Crippen molar-refractivity contribution in [1.82, 2.24) is 5.32 Å². The number of rotatable bonds is 4. The van der Waals surface area contributed by atoms with Crippen LogP contribution in [0.1, 0.15) is 17.3 Å². The van der Waals surface area contributed by atoms with Crippen molar-refractivity contribution in [3.8, 4) is 0 Å². The second-order valence-electron chi connectivity index (χ2n) is 3.26. The van der Waals surface area contributed by atoms with Gasteiger partial charge in [-0.2, -0.15) is 0 Å². The molecule has 1 amide bonds. The molecule has 1 rings (SSSR count). The Labute approximate surface area is 92.2 Å². The number of benzene rings is 1. The van der Waals surface area contributed by atoms with Crippen LogP contribution in [0.3, 0.4) is 0 Å². The predicted octanol–water partition coefficient (Wildman–Crippen LogP) is 0.643. The zero-order chi connectivity index (χ0) is 11.3. The largest absolute Gasteiger partial charge is 0.416 e. The van der Waals surface area contributed by atoms with Gasteiger partial charge in [-0.1, -0.05) is 18.2 Å². The summed E-state index contributed by atoms with van der Waals surface area (Å²) in [6.45, 7) is 4.77. The van der Waals surface area contributed by atoms with Gasteiger partial charge < -0.3 is 9.74 Å². The summed E-state index contributed by atoms with van der Waals surface area (Å²) in [4.78, 5) is 11.6. The highest BCUT2D eigenvalue weighted by molar-refractivity contribution is 6.67. The molecule has 0 saturated heterocycles. The first-order chi connectivity index (χ1) is 7.20. The fourth-order valence-electron chi connectivity index (χ4n) is 1.53. The van der Waals surface area contributed by atoms with Crippen LogP contribution in [0.25, 0.3) is 0 Å². The van der Waals surface area contributed by atoms with E-state index in [0.29, 0.717) is 6.61 Å². The van der Waals surface area contributed by atoms with E-state index in [1.165, 1.54) is 0 Å². The van der Waals surface area contributed by atoms with Crippen molar-refractivity contribution in [2.75, 3.05) is 13.7 Å². The second-order valence-corrected chi connectivity index (χ2v) is 5.50. The minimum atomic E-state index is -1.43. The maximum Gasteiger partial charge on any atom is 0.250 e. The molecule has 4 heteroatoms. The Morgan fingerprint density at radius 2 is 2.13 bits per heavy atom. The Hall–Kier alpha value is -1.13. The molecule has 0 aliphatic heterocycles. The van der Waals surface area contributed by atoms with Gasteiger partial charge in [0.1, 0.15) is 0 Å². The molecule has 0 radical (unpaired) electrons. The number of carbonyl (C=O) groups excluding carboxylic acids is 1. The van der Waals surface area contributed by atoms with Gasteiger partial charge in [0.05, 0.1) is 0 Å². The normalized spacial score (nSPS) is 12.2. The molecule has 0 spiro atoms. The smallest absolute Gasteiger partial charge is 0.250 e. The lowest BCUT2D eigenvalue weighted by atomic mass is 10.2. The molecule has 0 fully saturated rings. The minimum Gasteiger partial charge on any atom is -0.416 e. The van der Waals surface area contributed by atoms with E-state index in [0.717, 1.165) is 10.8 Å². The van der Waals surface area contributed by atoms with Gasteiger partial charge in [0.25, 0.3) is 5.91 Å². The minimum absolute atomic E-state index is 0.0374. The molecule has 1 aromatic rings. The Kier molecular flexibility index (Phi) is 4.52. The van der Waals surface area contributed by atoms with Crippen molar-refractivity contribution < 1.29 is 9.22 Å². The van der Waals surface area contributed by atoms with Gasteiger partial charge in [-0.05, 0) is 24.7 Å². The van der Waals surface area contributed by atoms with E-state index in [4.69, 9.17) is 4.43 Å². The molecule has 82 valence electrons. The van der Waals surface area contributed by atoms with Gasteiger partial charge in [-0.15, -0.1) is 0 Å². The van der Waals surface area contributed by atoms with Crippen LogP contribution in [-0.2, 0) is 4.43 Å². The van der Waals surface area contributed by atoms with Crippen LogP contribution in [0.5, 0.6) is 0 Å². The third-order valence-electron chi connectivity index (χ3n) is 2.29. The van der Waals surface area contributed by atoms with Gasteiger partial charge in [-0.3, -0.25) is 4.79 Å². The quantitative estimate of drug-likeness (QED) is 0.761. The summed E-state index contributed by atoms with van der Waals surface area (Å²) in [5, 5.41) is 3.71. The Bertz CT molecular complexity index is 341. The van der Waals surface area contributed by atoms with E-state index in [1.54, 1.807) is 7.05 Å². The molecule has 0 aliphatic carbocycles. The molecule has 0 aliphatic rings. The van der Waals surface area contributed by atoms with Crippen molar-refractivity contribution in [1.29, 1.82) is 0 Å². The standard InChI is InChI=1S/C11H17NO2Si/c1-4-14-15(3)10-8-6-5-7-9(10)11(13)12-2/h5-8,15H,4H2,1-3H3,(H,12,13). The number of amides is 1. The number of nitrogens with one attached hydrogen (secondary N) is 1. The highest BCUT2D eigenvalue weighted by Crippen LogP contribution is 1.99. The average molecular weight is 223 g/mol. The van der Waals surface area contributed by atoms with Crippen molar-refractivity contribution in [2.45, 2.75) is 13.5 Å². The lowest BCUT2D eigenvalue weighted by Gasteiger charge is -2.13. The van der Waals surface area contributed by atoms with Gasteiger partial charge in [0, 0.05) is 19.2 Å². The molecular weight excluding hydrogens is 206 g/mol. The van der Waals surface area contributed by atoms with E-state index < -0.39 is 9.04 Å². The molecule has 1 atom stereocenters. The second kappa shape index (κ2) is 5.68. The van der Waals surface area contributed by atoms with Gasteiger partial charge in [0.2, 0.25) is 9.04 Å². The SMILES string of the molecule is CCO[SiH](C)c1ccccc1C(=O)NC. The van der Waals surface area contributed by atoms with Crippen molar-refractivity contribution >= 4 is 20.1 Å². The van der Waals surface area contributed by atoms with E-state index >= 15 is 0 Å². The highest BCUT2D eigenvalue weighted by Gasteiger charge is 2.15. The molecule has 15 heavy (non-hydrogen) atoms. The van der Waals surface area contributed by atoms with Crippen molar-refractivity contribution in [3.63, 3.8) is 0 Å². The Morgan fingerprint density at radius 1 is 1.47 bits per heavy atom. The molecular formula is C11H17NO2Si. The van der Waals surface area contributed by atoms with Gasteiger partial charge in [0.15, 0.2) is 0 Å². The molecule has 1 N–H and O–H groups in total. The fourth-order valence-corrected chi connectivity index (χ4v) is 3.26. The van der Waals surface area contributed by atoms with Crippen LogP contribution in [0, 0.1) is 0 Å². The van der Waals surface area contributed by atoms with E-state index in [-0.39, 0.29) is 5.91 Å². The summed E-state index contributed by atoms with van der Waals surface area (Å²) in [6.07, 6.45) is 0. The summed E-state index contributed by atoms with van der Waals surface area (Å²) >= 11 is 0. The summed E-state index contributed by atoms with van der Waals surface area (Å²) in [5.74, 6) is -0.0374. The topological polar surface area (TPSA) is 38.3 Å². The molecule has 1 aromatic carbocycles. The Balaban J connectivity index is 3.00. The van der Waals surface area contributed by atoms with Gasteiger partial charge >= 0.3 is 0 Å². The third kappa shape index (κ3) is 2.91. The third-order valence-corrected chi connectivity index (χ3v) is 4.50. The lowest BCUT2D eigenvalue weighted by molar-refractivity contribution is 0.0964. The summed E-state index contributed by atoms with van der Waals surface area (Å²) in [5.41, 5.74) is 0.743. The maximum absolute atomic E-state index is 11.6. The van der Waals surface area contributed by atoms with Crippen LogP contribution >= 0.6 is 0 Å². The molecule has 0 bridgehead atoms. The van der Waals surface area contributed by atoms with Gasteiger partial charge in [-0.25, -0.2) is 0 Å². The van der Waals surface area contributed by atoms with Crippen molar-refractivity contribution in [2.24, 2.45) is 0 Å². The predicted molar refractivity (Wildman–Crippen MR) is 64.1 cm³/mol. The average Bonchev–Trinajstić information content (AvgIpc) is 2.28. The Morgan fingerprint density at radius 3 is 2.73 bits per heavy atom. The van der Waals surface area contributed by atoms with Crippen LogP contribution in [0.2, 0.25) is 6.55 Å². The summed E-state index contributed by atoms with van der Waals surface area (Å²) in [7, 11) is 0.214. The first-order valence-electron chi connectivity index (χ1n) is 5.13. The molecule has 0 heterocycles. The first-order valence-corrected chi connectivity index (χ1v) is 7.33. The van der Waals surface area contributed by atoms with Crippen LogP contribution in [0.15, 0.2) is 24.3 Å². The van der Waals surface area contributed by atoms with Crippen LogP contribution in [-0.4, -0.2) is 28.6 Å². The van der Waals surface area contributed by atoms with Crippen molar-refractivity contribution in [3.05, 3.63) is 29.8 Å². The molecule has 3 nitrogen and oxygen atoms in total. The zero-order valence-corrected chi connectivity index (χ0v) is 10.6. The molecule has 0 saturated carbocycles. The lowest BCUT2D eigenvalue weighted by Crippen LogP contribution is -2.37. The fraction of sp³-hybridized carbons (Fsp3) is 0.364. The number of hydrogen-bond acceptors (Lipinski definition) is 2. The van der Waals surface area contributed by atoms with E-state index in [1.807, 2.05) is 31.2 Å². The summed E-state index contributed by atoms with van der Waals surface area (Å²) in [6, 6.07) is 7.65. The number of hydrogen-bond donors (Lipinski definition) is 1.